The second kappa shape index (κ2) is 12.3. The monoisotopic (exact) mass is 625 g/mol. The van der Waals surface area contributed by atoms with Crippen LogP contribution >= 0.6 is 8.60 Å². The smallest absolute Gasteiger partial charge is 0.340 e. The van der Waals surface area contributed by atoms with E-state index < -0.39 is 39.2 Å². The van der Waals surface area contributed by atoms with Gasteiger partial charge in [-0.1, -0.05) is 32.6 Å². The molecule has 0 saturated carbocycles. The highest BCUT2D eigenvalue weighted by molar-refractivity contribution is 7.40. The van der Waals surface area contributed by atoms with Crippen LogP contribution in [-0.2, 0) is 36.5 Å². The third-order valence-corrected chi connectivity index (χ3v) is 8.58. The summed E-state index contributed by atoms with van der Waals surface area (Å²) in [6, 6.07) is 3.75. The molecule has 0 spiro atoms. The van der Waals surface area contributed by atoms with E-state index in [0.717, 1.165) is 29.0 Å². The van der Waals surface area contributed by atoms with Gasteiger partial charge in [-0.25, -0.2) is 19.2 Å². The van der Waals surface area contributed by atoms with E-state index in [4.69, 9.17) is 29.2 Å². The summed E-state index contributed by atoms with van der Waals surface area (Å²) < 4.78 is 38.5. The van der Waals surface area contributed by atoms with Crippen LogP contribution in [0.4, 0.5) is 4.39 Å². The third-order valence-electron chi connectivity index (χ3n) is 7.82. The average Bonchev–Trinajstić information content (AvgIpc) is 3.57. The standard InChI is InChI=1S/C28H27FN5O7P.C2H6/c1-14-31-23(30)6-7-33(14)27-20(29)9-17(40-27)12-39-42(37)41-25-18-10-22-24-16(8-15-4-2-3-5-21(15)32-24)11-34(22)26(35)19(18)13-38-28(25)36;1-2/h4-8,10,17,20,25,27,37H,1-3,9,11-13H2,(H2,30,31);1-2H3. The zero-order chi connectivity index (χ0) is 31.1. The van der Waals surface area contributed by atoms with Gasteiger partial charge in [-0.2, -0.15) is 0 Å². The average molecular weight is 626 g/mol. The van der Waals surface area contributed by atoms with Gasteiger partial charge < -0.3 is 34.1 Å². The molecule has 3 N–H and O–H groups in total. The Morgan fingerprint density at radius 3 is 2.84 bits per heavy atom. The van der Waals surface area contributed by atoms with E-state index in [-0.39, 0.29) is 42.4 Å². The van der Waals surface area contributed by atoms with Crippen LogP contribution < -0.4 is 21.9 Å². The Morgan fingerprint density at radius 2 is 2.05 bits per heavy atom. The second-order valence-electron chi connectivity index (χ2n) is 10.5. The highest BCUT2D eigenvalue weighted by Crippen LogP contribution is 2.44. The van der Waals surface area contributed by atoms with Gasteiger partial charge in [0, 0.05) is 23.7 Å². The largest absolute Gasteiger partial charge is 0.458 e. The Hall–Kier alpha value is -3.74. The number of esters is 1. The molecule has 0 aromatic carbocycles. The van der Waals surface area contributed by atoms with Crippen LogP contribution in [0.1, 0.15) is 55.9 Å². The number of fused-ring (bicyclic) bond motifs is 5. The predicted octanol–water partition coefficient (Wildman–Crippen LogP) is 2.11. The number of amidine groups is 1. The van der Waals surface area contributed by atoms with Crippen molar-refractivity contribution in [2.75, 3.05) is 6.61 Å². The molecule has 0 radical (unpaired) electrons. The Kier molecular flexibility index (Phi) is 8.49. The lowest BCUT2D eigenvalue weighted by Crippen LogP contribution is -2.37. The zero-order valence-corrected chi connectivity index (χ0v) is 25.2. The lowest BCUT2D eigenvalue weighted by Gasteiger charge is -2.30. The summed E-state index contributed by atoms with van der Waals surface area (Å²) >= 11 is 0. The number of rotatable bonds is 6. The minimum Gasteiger partial charge on any atom is -0.458 e. The summed E-state index contributed by atoms with van der Waals surface area (Å²) in [7, 11) is -2.62. The number of pyridine rings is 2. The van der Waals surface area contributed by atoms with Gasteiger partial charge in [-0.05, 0) is 36.3 Å². The number of halogens is 1. The highest BCUT2D eigenvalue weighted by atomic mass is 31.2. The fourth-order valence-electron chi connectivity index (χ4n) is 5.81. The predicted molar refractivity (Wildman–Crippen MR) is 160 cm³/mol. The van der Waals surface area contributed by atoms with Crippen molar-refractivity contribution >= 4 is 32.6 Å². The maximum absolute atomic E-state index is 14.8. The van der Waals surface area contributed by atoms with E-state index in [0.29, 0.717) is 23.5 Å². The lowest BCUT2D eigenvalue weighted by molar-refractivity contribution is -0.156. The number of hydrogen-bond acceptors (Lipinski definition) is 11. The van der Waals surface area contributed by atoms with Crippen molar-refractivity contribution < 1.29 is 32.6 Å². The van der Waals surface area contributed by atoms with Gasteiger partial charge in [-0.15, -0.1) is 0 Å². The number of carbonyl (C=O) groups excluding carboxylic acids is 1. The highest BCUT2D eigenvalue weighted by Gasteiger charge is 2.41. The molecule has 14 heteroatoms. The van der Waals surface area contributed by atoms with Crippen molar-refractivity contribution in [1.29, 1.82) is 0 Å². The molecule has 6 heterocycles. The molecular formula is C30H33FN5O7P. The maximum Gasteiger partial charge on any atom is 0.340 e. The third kappa shape index (κ3) is 5.50. The van der Waals surface area contributed by atoms with Gasteiger partial charge in [0.2, 0.25) is 0 Å². The Morgan fingerprint density at radius 1 is 1.25 bits per heavy atom. The van der Waals surface area contributed by atoms with Crippen LogP contribution in [0.5, 0.6) is 0 Å². The van der Waals surface area contributed by atoms with Crippen LogP contribution in [0.15, 0.2) is 46.6 Å². The minimum absolute atomic E-state index is 0.00678. The number of nitrogens with two attached hydrogens (primary N) is 1. The van der Waals surface area contributed by atoms with E-state index in [2.05, 4.69) is 23.7 Å². The van der Waals surface area contributed by atoms with Crippen LogP contribution in [-0.4, -0.2) is 56.3 Å². The molecule has 2 aromatic rings. The lowest BCUT2D eigenvalue weighted by atomic mass is 10.0. The number of hydrogen-bond donors (Lipinski definition) is 2. The van der Waals surface area contributed by atoms with Gasteiger partial charge in [-0.3, -0.25) is 9.32 Å². The SMILES string of the molecule is C=C1N=C(N)C=CN1C1OC(COP(O)OC2C(=O)OCc3c2cc2n(c3=O)Cc3cc4c(nc3-2)=CCCC=4)CC1F.CC. The van der Waals surface area contributed by atoms with Gasteiger partial charge >= 0.3 is 14.6 Å². The Balaban J connectivity index is 0.00000168. The van der Waals surface area contributed by atoms with Crippen LogP contribution in [0.25, 0.3) is 23.5 Å². The van der Waals surface area contributed by atoms with E-state index in [1.807, 2.05) is 19.9 Å². The van der Waals surface area contributed by atoms with Crippen molar-refractivity contribution in [3.8, 4) is 11.4 Å². The number of aromatic nitrogens is 2. The second-order valence-corrected chi connectivity index (χ2v) is 11.5. The van der Waals surface area contributed by atoms with Gasteiger partial charge in [0.15, 0.2) is 12.3 Å². The Bertz CT molecular complexity index is 1760. The van der Waals surface area contributed by atoms with Crippen molar-refractivity contribution in [3.05, 3.63) is 74.4 Å². The molecule has 5 aliphatic rings. The summed E-state index contributed by atoms with van der Waals surface area (Å²) in [6.45, 7) is 7.72. The molecular weight excluding hydrogens is 592 g/mol. The fraction of sp³-hybridized carbons (Fsp3) is 0.400. The van der Waals surface area contributed by atoms with Crippen LogP contribution in [0, 0.1) is 0 Å². The van der Waals surface area contributed by atoms with Gasteiger partial charge in [0.1, 0.15) is 24.4 Å². The van der Waals surface area contributed by atoms with E-state index in [1.165, 1.54) is 17.2 Å². The molecule has 0 bridgehead atoms. The molecule has 2 aromatic heterocycles. The molecule has 232 valence electrons. The van der Waals surface area contributed by atoms with Gasteiger partial charge in [0.25, 0.3) is 5.56 Å². The molecule has 5 unspecified atom stereocenters. The molecule has 1 fully saturated rings. The summed E-state index contributed by atoms with van der Waals surface area (Å²) in [5, 5.41) is 1.91. The molecule has 1 saturated heterocycles. The minimum atomic E-state index is -2.62. The number of ether oxygens (including phenoxy) is 2. The molecule has 12 nitrogen and oxygen atoms in total. The fourth-order valence-corrected chi connectivity index (χ4v) is 6.54. The Labute approximate surface area is 253 Å². The van der Waals surface area contributed by atoms with E-state index >= 15 is 0 Å². The summed E-state index contributed by atoms with van der Waals surface area (Å²) in [5.74, 6) is -0.268. The van der Waals surface area contributed by atoms with Crippen molar-refractivity contribution in [1.82, 2.24) is 14.5 Å². The van der Waals surface area contributed by atoms with Gasteiger partial charge in [0.05, 0.1) is 41.6 Å². The number of alkyl halides is 1. The van der Waals surface area contributed by atoms with Crippen LogP contribution in [0.3, 0.4) is 0 Å². The molecule has 5 atom stereocenters. The number of aliphatic imine (C=N–C) groups is 1. The summed E-state index contributed by atoms with van der Waals surface area (Å²) in [5.41, 5.74) is 8.06. The van der Waals surface area contributed by atoms with Crippen molar-refractivity contribution in [2.45, 2.75) is 70.9 Å². The number of cyclic esters (lactones) is 1. The zero-order valence-electron chi connectivity index (χ0n) is 24.3. The quantitative estimate of drug-likeness (QED) is 0.308. The first-order chi connectivity index (χ1) is 21.3. The first-order valence-corrected chi connectivity index (χ1v) is 15.6. The number of carbonyl (C=O) groups is 1. The van der Waals surface area contributed by atoms with Crippen LogP contribution in [0.2, 0.25) is 0 Å². The summed E-state index contributed by atoms with van der Waals surface area (Å²) in [4.78, 5) is 47.1. The normalized spacial score (nSPS) is 25.3. The van der Waals surface area contributed by atoms with Crippen molar-refractivity contribution in [3.63, 3.8) is 0 Å². The maximum atomic E-state index is 14.8. The van der Waals surface area contributed by atoms with E-state index in [9.17, 15) is 18.9 Å². The topological polar surface area (TPSA) is 151 Å². The molecule has 7 rings (SSSR count). The first kappa shape index (κ1) is 30.3. The molecule has 0 amide bonds. The van der Waals surface area contributed by atoms with E-state index in [1.54, 1.807) is 10.6 Å². The molecule has 1 aliphatic carbocycles. The van der Waals surface area contributed by atoms with Crippen molar-refractivity contribution in [2.24, 2.45) is 10.7 Å². The first-order valence-electron chi connectivity index (χ1n) is 14.5. The summed E-state index contributed by atoms with van der Waals surface area (Å²) in [6.07, 6.45) is 4.61. The number of nitrogens with zero attached hydrogens (tertiary/aromatic N) is 4. The molecule has 44 heavy (non-hydrogen) atoms. The molecule has 4 aliphatic heterocycles.